The van der Waals surface area contributed by atoms with Crippen LogP contribution in [0.25, 0.3) is 16.6 Å². The zero-order valence-electron chi connectivity index (χ0n) is 15.7. The topological polar surface area (TPSA) is 64.4 Å². The highest BCUT2D eigenvalue weighted by Crippen LogP contribution is 2.28. The van der Waals surface area contributed by atoms with Gasteiger partial charge in [0.05, 0.1) is 35.4 Å². The molecule has 28 heavy (non-hydrogen) atoms. The van der Waals surface area contributed by atoms with Gasteiger partial charge in [-0.05, 0) is 36.4 Å². The standard InChI is InChI=1S/C19H14FN3O3.C2H6/c20-11-1-4-16-14(9-11)17(24)18-21-15-3-2-12(22-5-7-26-8-6-22)10-13(15)19(25)23(16)18;1-2/h1-4,9-10H,5-8H2;1-2H3. The van der Waals surface area contributed by atoms with Crippen LogP contribution in [-0.4, -0.2) is 41.6 Å². The summed E-state index contributed by atoms with van der Waals surface area (Å²) in [5.41, 5.74) is 1.60. The summed E-state index contributed by atoms with van der Waals surface area (Å²) in [6.45, 7) is 6.80. The molecule has 2 aliphatic rings. The predicted octanol–water partition coefficient (Wildman–Crippen LogP) is 2.93. The molecular formula is C21H20FN3O3. The summed E-state index contributed by atoms with van der Waals surface area (Å²) < 4.78 is 20.2. The van der Waals surface area contributed by atoms with E-state index >= 15 is 0 Å². The summed E-state index contributed by atoms with van der Waals surface area (Å²) >= 11 is 0. The van der Waals surface area contributed by atoms with Crippen LogP contribution in [0.3, 0.4) is 0 Å². The molecule has 2 aromatic carbocycles. The minimum absolute atomic E-state index is 0.0298. The summed E-state index contributed by atoms with van der Waals surface area (Å²) in [6.07, 6.45) is 0. The van der Waals surface area contributed by atoms with Crippen LogP contribution in [0.5, 0.6) is 0 Å². The van der Waals surface area contributed by atoms with Gasteiger partial charge in [-0.25, -0.2) is 9.37 Å². The molecule has 6 nitrogen and oxygen atoms in total. The van der Waals surface area contributed by atoms with Crippen molar-refractivity contribution in [2.75, 3.05) is 31.2 Å². The molecule has 0 radical (unpaired) electrons. The fourth-order valence-corrected chi connectivity index (χ4v) is 3.57. The SMILES string of the molecule is CC.O=C1c2cc(F)ccc2-n2c1nc1ccc(N3CCOCC3)cc1c2=O. The first kappa shape index (κ1) is 18.3. The lowest BCUT2D eigenvalue weighted by molar-refractivity contribution is 0.103. The zero-order valence-corrected chi connectivity index (χ0v) is 15.7. The molecule has 0 N–H and O–H groups in total. The number of fused-ring (bicyclic) bond motifs is 4. The van der Waals surface area contributed by atoms with E-state index in [4.69, 9.17) is 4.74 Å². The van der Waals surface area contributed by atoms with E-state index in [0.29, 0.717) is 29.8 Å². The number of rotatable bonds is 1. The Hall–Kier alpha value is -3.06. The fraction of sp³-hybridized carbons (Fsp3) is 0.286. The van der Waals surface area contributed by atoms with Gasteiger partial charge in [-0.2, -0.15) is 0 Å². The van der Waals surface area contributed by atoms with Crippen LogP contribution in [0, 0.1) is 5.82 Å². The number of ether oxygens (including phenoxy) is 1. The lowest BCUT2D eigenvalue weighted by atomic mass is 10.1. The molecule has 0 aliphatic carbocycles. The van der Waals surface area contributed by atoms with E-state index in [2.05, 4.69) is 9.88 Å². The van der Waals surface area contributed by atoms with E-state index in [1.54, 1.807) is 12.1 Å². The van der Waals surface area contributed by atoms with Gasteiger partial charge < -0.3 is 9.64 Å². The molecule has 0 saturated carbocycles. The van der Waals surface area contributed by atoms with Crippen molar-refractivity contribution in [1.82, 2.24) is 9.55 Å². The van der Waals surface area contributed by atoms with Gasteiger partial charge in [0.25, 0.3) is 5.56 Å². The molecule has 1 aromatic heterocycles. The molecule has 7 heteroatoms. The number of aromatic nitrogens is 2. The van der Waals surface area contributed by atoms with Gasteiger partial charge in [0, 0.05) is 18.8 Å². The molecule has 0 spiro atoms. The van der Waals surface area contributed by atoms with Crippen molar-refractivity contribution in [2.45, 2.75) is 13.8 Å². The van der Waals surface area contributed by atoms with E-state index in [0.717, 1.165) is 24.8 Å². The van der Waals surface area contributed by atoms with Crippen molar-refractivity contribution < 1.29 is 13.9 Å². The normalized spacial score (nSPS) is 15.1. The van der Waals surface area contributed by atoms with Gasteiger partial charge in [-0.1, -0.05) is 13.8 Å². The number of nitrogens with zero attached hydrogens (tertiary/aromatic N) is 3. The van der Waals surface area contributed by atoms with Crippen LogP contribution in [0.1, 0.15) is 30.0 Å². The van der Waals surface area contributed by atoms with Crippen LogP contribution in [0.4, 0.5) is 10.1 Å². The van der Waals surface area contributed by atoms with Gasteiger partial charge in [0.1, 0.15) is 5.82 Å². The maximum atomic E-state index is 13.5. The Morgan fingerprint density at radius 1 is 1.04 bits per heavy atom. The van der Waals surface area contributed by atoms with Gasteiger partial charge in [0.15, 0.2) is 5.82 Å². The van der Waals surface area contributed by atoms with Crippen molar-refractivity contribution in [1.29, 1.82) is 0 Å². The van der Waals surface area contributed by atoms with Crippen LogP contribution < -0.4 is 10.5 Å². The highest BCUT2D eigenvalue weighted by molar-refractivity contribution is 6.13. The van der Waals surface area contributed by atoms with Crippen LogP contribution in [-0.2, 0) is 4.74 Å². The molecule has 5 rings (SSSR count). The molecule has 1 saturated heterocycles. The molecule has 2 aliphatic heterocycles. The number of ketones is 1. The van der Waals surface area contributed by atoms with Crippen molar-refractivity contribution in [2.24, 2.45) is 0 Å². The van der Waals surface area contributed by atoms with E-state index in [1.165, 1.54) is 16.7 Å². The lowest BCUT2D eigenvalue weighted by Gasteiger charge is -2.28. The number of hydrogen-bond acceptors (Lipinski definition) is 5. The minimum atomic E-state index is -0.517. The van der Waals surface area contributed by atoms with Crippen LogP contribution in [0.15, 0.2) is 41.2 Å². The number of anilines is 1. The number of carbonyl (C=O) groups excluding carboxylic acids is 1. The summed E-state index contributed by atoms with van der Waals surface area (Å²) in [4.78, 5) is 32.1. The summed E-state index contributed by atoms with van der Waals surface area (Å²) in [7, 11) is 0. The van der Waals surface area contributed by atoms with Gasteiger partial charge in [-0.3, -0.25) is 14.2 Å². The first-order valence-corrected chi connectivity index (χ1v) is 9.37. The maximum Gasteiger partial charge on any atom is 0.266 e. The third kappa shape index (κ3) is 2.79. The monoisotopic (exact) mass is 381 g/mol. The fourth-order valence-electron chi connectivity index (χ4n) is 3.57. The quantitative estimate of drug-likeness (QED) is 0.507. The number of benzene rings is 2. The predicted molar refractivity (Wildman–Crippen MR) is 105 cm³/mol. The lowest BCUT2D eigenvalue weighted by Crippen LogP contribution is -2.36. The number of morpholine rings is 1. The third-order valence-corrected chi connectivity index (χ3v) is 4.88. The van der Waals surface area contributed by atoms with Crippen molar-refractivity contribution >= 4 is 22.4 Å². The molecule has 1 fully saturated rings. The summed E-state index contributed by atoms with van der Waals surface area (Å²) in [6, 6.07) is 9.27. The van der Waals surface area contributed by atoms with Crippen LogP contribution >= 0.6 is 0 Å². The summed E-state index contributed by atoms with van der Waals surface area (Å²) in [5.74, 6) is -0.921. The average Bonchev–Trinajstić information content (AvgIpc) is 3.02. The minimum Gasteiger partial charge on any atom is -0.378 e. The van der Waals surface area contributed by atoms with Gasteiger partial charge >= 0.3 is 0 Å². The van der Waals surface area contributed by atoms with Gasteiger partial charge in [0.2, 0.25) is 5.78 Å². The van der Waals surface area contributed by atoms with Crippen molar-refractivity contribution in [3.63, 3.8) is 0 Å². The second-order valence-electron chi connectivity index (χ2n) is 6.37. The molecule has 0 unspecified atom stereocenters. The highest BCUT2D eigenvalue weighted by Gasteiger charge is 2.30. The van der Waals surface area contributed by atoms with E-state index in [1.807, 2.05) is 19.9 Å². The third-order valence-electron chi connectivity index (χ3n) is 4.88. The largest absolute Gasteiger partial charge is 0.378 e. The first-order valence-electron chi connectivity index (χ1n) is 9.37. The Kier molecular flexibility index (Phi) is 4.68. The average molecular weight is 381 g/mol. The van der Waals surface area contributed by atoms with Crippen molar-refractivity contribution in [3.05, 3.63) is 64.0 Å². The molecule has 144 valence electrons. The molecule has 0 amide bonds. The maximum absolute atomic E-state index is 13.5. The Bertz CT molecular complexity index is 1130. The van der Waals surface area contributed by atoms with Crippen LogP contribution in [0.2, 0.25) is 0 Å². The second-order valence-corrected chi connectivity index (χ2v) is 6.37. The molecular weight excluding hydrogens is 361 g/mol. The Labute approximate surface area is 161 Å². The van der Waals surface area contributed by atoms with E-state index in [-0.39, 0.29) is 16.9 Å². The van der Waals surface area contributed by atoms with E-state index in [9.17, 15) is 14.0 Å². The number of halogens is 1. The smallest absolute Gasteiger partial charge is 0.266 e. The van der Waals surface area contributed by atoms with E-state index < -0.39 is 11.6 Å². The van der Waals surface area contributed by atoms with Gasteiger partial charge in [-0.15, -0.1) is 0 Å². The van der Waals surface area contributed by atoms with Crippen molar-refractivity contribution in [3.8, 4) is 5.69 Å². The molecule has 3 heterocycles. The molecule has 3 aromatic rings. The second kappa shape index (κ2) is 7.16. The number of carbonyl (C=O) groups is 1. The molecule has 0 atom stereocenters. The number of hydrogen-bond donors (Lipinski definition) is 0. The Morgan fingerprint density at radius 3 is 2.54 bits per heavy atom. The first-order chi connectivity index (χ1) is 13.6. The molecule has 0 bridgehead atoms. The highest BCUT2D eigenvalue weighted by atomic mass is 19.1. The zero-order chi connectivity index (χ0) is 19.8. The summed E-state index contributed by atoms with van der Waals surface area (Å²) in [5, 5.41) is 0.433. The Balaban J connectivity index is 0.000000932. The Morgan fingerprint density at radius 2 is 1.79 bits per heavy atom.